The van der Waals surface area contributed by atoms with Gasteiger partial charge in [-0.15, -0.1) is 0 Å². The molecule has 0 radical (unpaired) electrons. The molecule has 3 heterocycles. The van der Waals surface area contributed by atoms with Crippen LogP contribution in [0, 0.1) is 27.3 Å². The minimum absolute atomic E-state index is 0.0109. The molecule has 142 valence electrons. The van der Waals surface area contributed by atoms with Crippen molar-refractivity contribution in [2.45, 2.75) is 6.54 Å². The molecular weight excluding hydrogens is 379 g/mol. The molecule has 0 atom stereocenters. The molecule has 10 nitrogen and oxygen atoms in total. The number of nitrogen functional groups attached to an aromatic ring is 1. The molecule has 0 aliphatic heterocycles. The second kappa shape index (κ2) is 6.93. The maximum Gasteiger partial charge on any atom is 0.272 e. The number of nitro benzene ring substituents is 1. The number of benzene rings is 1. The van der Waals surface area contributed by atoms with E-state index in [0.29, 0.717) is 22.3 Å². The Kier molecular flexibility index (Phi) is 4.28. The molecular formula is C18H11FN8O2. The van der Waals surface area contributed by atoms with Crippen molar-refractivity contribution < 1.29 is 9.31 Å². The molecule has 0 spiro atoms. The van der Waals surface area contributed by atoms with Crippen LogP contribution < -0.4 is 5.73 Å². The molecule has 4 rings (SSSR count). The van der Waals surface area contributed by atoms with Crippen LogP contribution in [-0.4, -0.2) is 29.7 Å². The topological polar surface area (TPSA) is 149 Å². The third-order valence-corrected chi connectivity index (χ3v) is 4.23. The molecule has 4 aromatic rings. The summed E-state index contributed by atoms with van der Waals surface area (Å²) < 4.78 is 15.7. The van der Waals surface area contributed by atoms with Crippen molar-refractivity contribution in [3.63, 3.8) is 0 Å². The van der Waals surface area contributed by atoms with Crippen LogP contribution in [0.3, 0.4) is 0 Å². The number of nitrogens with zero attached hydrogens (tertiary/aromatic N) is 7. The van der Waals surface area contributed by atoms with Gasteiger partial charge in [0.15, 0.2) is 5.65 Å². The summed E-state index contributed by atoms with van der Waals surface area (Å²) in [6.07, 6.45) is 2.99. The number of fused-ring (bicyclic) bond motifs is 1. The molecule has 0 saturated heterocycles. The summed E-state index contributed by atoms with van der Waals surface area (Å²) in [6.45, 7) is -0.0109. The van der Waals surface area contributed by atoms with Gasteiger partial charge in [0.25, 0.3) is 5.69 Å². The van der Waals surface area contributed by atoms with Gasteiger partial charge in [0, 0.05) is 23.4 Å². The van der Waals surface area contributed by atoms with Crippen molar-refractivity contribution in [3.05, 3.63) is 69.9 Å². The normalized spacial score (nSPS) is 10.8. The molecule has 0 unspecified atom stereocenters. The average molecular weight is 390 g/mol. The zero-order valence-electron chi connectivity index (χ0n) is 14.7. The van der Waals surface area contributed by atoms with Gasteiger partial charge in [-0.25, -0.2) is 19.0 Å². The Hall–Kier alpha value is -4.46. The minimum atomic E-state index is -0.724. The fourth-order valence-electron chi connectivity index (χ4n) is 2.89. The summed E-state index contributed by atoms with van der Waals surface area (Å²) in [7, 11) is 0. The Bertz CT molecular complexity index is 1310. The van der Waals surface area contributed by atoms with Crippen molar-refractivity contribution in [2.75, 3.05) is 5.73 Å². The van der Waals surface area contributed by atoms with Gasteiger partial charge in [-0.05, 0) is 18.2 Å². The summed E-state index contributed by atoms with van der Waals surface area (Å²) in [5, 5.41) is 24.6. The van der Waals surface area contributed by atoms with Crippen molar-refractivity contribution in [2.24, 2.45) is 0 Å². The first-order valence-electron chi connectivity index (χ1n) is 8.24. The van der Waals surface area contributed by atoms with Gasteiger partial charge in [0.05, 0.1) is 34.8 Å². The first kappa shape index (κ1) is 17.9. The van der Waals surface area contributed by atoms with Crippen molar-refractivity contribution in [1.82, 2.24) is 24.7 Å². The van der Waals surface area contributed by atoms with E-state index in [2.05, 4.69) is 20.1 Å². The number of halogens is 1. The highest BCUT2D eigenvalue weighted by Gasteiger charge is 2.16. The number of nitriles is 1. The van der Waals surface area contributed by atoms with E-state index in [4.69, 9.17) is 11.0 Å². The average Bonchev–Trinajstić information content (AvgIpc) is 3.11. The molecule has 0 aliphatic carbocycles. The van der Waals surface area contributed by atoms with Crippen LogP contribution in [0.1, 0.15) is 11.3 Å². The standard InChI is InChI=1S/C18H11FN8O2/c19-15-6-13(27(28)29)2-1-11(15)9-26-17-14(8-23-26)16(24-18(21)25-17)10-3-4-22-12(5-10)7-20/h1-6,8H,9H2,(H2,21,24,25). The summed E-state index contributed by atoms with van der Waals surface area (Å²) in [6, 6.07) is 8.61. The van der Waals surface area contributed by atoms with Crippen molar-refractivity contribution >= 4 is 22.7 Å². The molecule has 29 heavy (non-hydrogen) atoms. The number of hydrogen-bond acceptors (Lipinski definition) is 8. The number of rotatable bonds is 4. The van der Waals surface area contributed by atoms with Gasteiger partial charge in [0.2, 0.25) is 5.95 Å². The summed E-state index contributed by atoms with van der Waals surface area (Å²) in [5.41, 5.74) is 7.36. The van der Waals surface area contributed by atoms with Gasteiger partial charge >= 0.3 is 0 Å². The third kappa shape index (κ3) is 3.30. The highest BCUT2D eigenvalue weighted by atomic mass is 19.1. The van der Waals surface area contributed by atoms with Gasteiger partial charge in [0.1, 0.15) is 17.6 Å². The lowest BCUT2D eigenvalue weighted by Gasteiger charge is -2.07. The van der Waals surface area contributed by atoms with Gasteiger partial charge in [-0.2, -0.15) is 15.3 Å². The van der Waals surface area contributed by atoms with Crippen LogP contribution in [-0.2, 0) is 6.54 Å². The zero-order chi connectivity index (χ0) is 20.5. The molecule has 3 aromatic heterocycles. The smallest absolute Gasteiger partial charge is 0.272 e. The van der Waals surface area contributed by atoms with E-state index in [1.807, 2.05) is 6.07 Å². The molecule has 1 aromatic carbocycles. The second-order valence-corrected chi connectivity index (χ2v) is 6.04. The second-order valence-electron chi connectivity index (χ2n) is 6.04. The highest BCUT2D eigenvalue weighted by Crippen LogP contribution is 2.27. The Labute approximate surface area is 162 Å². The van der Waals surface area contributed by atoms with Crippen LogP contribution in [0.5, 0.6) is 0 Å². The lowest BCUT2D eigenvalue weighted by atomic mass is 10.1. The Morgan fingerprint density at radius 1 is 1.28 bits per heavy atom. The van der Waals surface area contributed by atoms with Gasteiger partial charge in [-0.3, -0.25) is 10.1 Å². The monoisotopic (exact) mass is 390 g/mol. The maximum atomic E-state index is 14.3. The fourth-order valence-corrected chi connectivity index (χ4v) is 2.89. The van der Waals surface area contributed by atoms with E-state index in [1.165, 1.54) is 29.2 Å². The molecule has 0 bridgehead atoms. The summed E-state index contributed by atoms with van der Waals surface area (Å²) in [4.78, 5) is 22.5. The SMILES string of the molecule is N#Cc1cc(-c2nc(N)nc3c2cnn3Cc2ccc([N+](=O)[O-])cc2F)ccn1. The van der Waals surface area contributed by atoms with Crippen LogP contribution in [0.15, 0.2) is 42.7 Å². The summed E-state index contributed by atoms with van der Waals surface area (Å²) >= 11 is 0. The molecule has 11 heteroatoms. The number of aromatic nitrogens is 5. The number of pyridine rings is 1. The Balaban J connectivity index is 1.79. The lowest BCUT2D eigenvalue weighted by molar-refractivity contribution is -0.385. The predicted octanol–water partition coefficient (Wildman–Crippen LogP) is 2.44. The minimum Gasteiger partial charge on any atom is -0.368 e. The van der Waals surface area contributed by atoms with Crippen molar-refractivity contribution in [3.8, 4) is 17.3 Å². The third-order valence-electron chi connectivity index (χ3n) is 4.23. The van der Waals surface area contributed by atoms with Crippen LogP contribution in [0.2, 0.25) is 0 Å². The number of nitro groups is 1. The zero-order valence-corrected chi connectivity index (χ0v) is 14.7. The van der Waals surface area contributed by atoms with E-state index < -0.39 is 10.7 Å². The van der Waals surface area contributed by atoms with E-state index >= 15 is 0 Å². The predicted molar refractivity (Wildman–Crippen MR) is 99.8 cm³/mol. The van der Waals surface area contributed by atoms with E-state index in [-0.39, 0.29) is 29.4 Å². The Morgan fingerprint density at radius 3 is 2.83 bits per heavy atom. The fraction of sp³-hybridized carbons (Fsp3) is 0.0556. The molecule has 0 amide bonds. The largest absolute Gasteiger partial charge is 0.368 e. The number of anilines is 1. The van der Waals surface area contributed by atoms with Crippen LogP contribution in [0.4, 0.5) is 16.0 Å². The number of hydrogen-bond donors (Lipinski definition) is 1. The molecule has 0 aliphatic rings. The van der Waals surface area contributed by atoms with Crippen LogP contribution >= 0.6 is 0 Å². The first-order valence-corrected chi connectivity index (χ1v) is 8.24. The molecule has 2 N–H and O–H groups in total. The highest BCUT2D eigenvalue weighted by molar-refractivity contribution is 5.91. The van der Waals surface area contributed by atoms with Gasteiger partial charge < -0.3 is 5.73 Å². The quantitative estimate of drug-likeness (QED) is 0.412. The number of nitrogens with two attached hydrogens (primary N) is 1. The van der Waals surface area contributed by atoms with Crippen molar-refractivity contribution in [1.29, 1.82) is 5.26 Å². The Morgan fingerprint density at radius 2 is 2.10 bits per heavy atom. The number of non-ortho nitro benzene ring substituents is 1. The van der Waals surface area contributed by atoms with E-state index in [9.17, 15) is 14.5 Å². The summed E-state index contributed by atoms with van der Waals surface area (Å²) in [5.74, 6) is -0.744. The maximum absolute atomic E-state index is 14.3. The first-order chi connectivity index (χ1) is 14.0. The molecule has 0 saturated carbocycles. The van der Waals surface area contributed by atoms with Gasteiger partial charge in [-0.1, -0.05) is 0 Å². The van der Waals surface area contributed by atoms with E-state index in [1.54, 1.807) is 12.1 Å². The van der Waals surface area contributed by atoms with E-state index in [0.717, 1.165) is 6.07 Å². The van der Waals surface area contributed by atoms with Crippen LogP contribution in [0.25, 0.3) is 22.3 Å². The lowest BCUT2D eigenvalue weighted by Crippen LogP contribution is -2.07. The molecule has 0 fully saturated rings.